The Kier molecular flexibility index (Phi) is 9.60. The van der Waals surface area contributed by atoms with Gasteiger partial charge in [-0.2, -0.15) is 0 Å². The normalized spacial score (nSPS) is 11.1. The smallest absolute Gasteiger partial charge is 0.350 e. The molecule has 35 heavy (non-hydrogen) atoms. The second-order valence-corrected chi connectivity index (χ2v) is 9.17. The maximum absolute atomic E-state index is 12.3. The van der Waals surface area contributed by atoms with Gasteiger partial charge in [0, 0.05) is 28.3 Å². The number of aryl methyl sites for hydroxylation is 1. The van der Waals surface area contributed by atoms with E-state index >= 15 is 0 Å². The number of halogens is 1. The summed E-state index contributed by atoms with van der Waals surface area (Å²) in [5, 5.41) is 0.520. The monoisotopic (exact) mass is 514 g/mol. The Bertz CT molecular complexity index is 1140. The number of esters is 2. The minimum absolute atomic E-state index is 0.0237. The van der Waals surface area contributed by atoms with Gasteiger partial charge < -0.3 is 18.9 Å². The Hall–Kier alpha value is -3.00. The standard InChI is InChI=1S/C27H27ClO6S/c1-31-25(29)27(33-3,26(30)32-2)15-14-20-12-13-23(17-24(20)28)35-22-11-7-10-21(16-22)34-18-19-8-5-4-6-9-19/h4-13,16-17H,14-15,18H2,1-3H3. The van der Waals surface area contributed by atoms with Crippen LogP contribution in [0.2, 0.25) is 5.02 Å². The van der Waals surface area contributed by atoms with Crippen molar-refractivity contribution in [3.8, 4) is 5.75 Å². The number of methoxy groups -OCH3 is 3. The molecule has 0 atom stereocenters. The van der Waals surface area contributed by atoms with Gasteiger partial charge in [-0.25, -0.2) is 9.59 Å². The SMILES string of the molecule is COC(=O)C(CCc1ccc(Sc2cccc(OCc3ccccc3)c2)cc1Cl)(OC)C(=O)OC. The van der Waals surface area contributed by atoms with Crippen molar-refractivity contribution in [1.29, 1.82) is 0 Å². The van der Waals surface area contributed by atoms with Crippen LogP contribution >= 0.6 is 23.4 Å². The molecule has 0 fully saturated rings. The number of rotatable bonds is 11. The molecule has 0 aromatic heterocycles. The molecule has 3 rings (SSSR count). The first-order valence-electron chi connectivity index (χ1n) is 10.9. The molecule has 0 aliphatic carbocycles. The highest BCUT2D eigenvalue weighted by Gasteiger charge is 2.48. The van der Waals surface area contributed by atoms with Gasteiger partial charge in [-0.3, -0.25) is 0 Å². The van der Waals surface area contributed by atoms with Crippen molar-refractivity contribution in [2.45, 2.75) is 34.8 Å². The van der Waals surface area contributed by atoms with Crippen molar-refractivity contribution in [3.05, 3.63) is 88.9 Å². The van der Waals surface area contributed by atoms with Gasteiger partial charge in [-0.05, 0) is 47.9 Å². The zero-order valence-electron chi connectivity index (χ0n) is 19.8. The molecule has 0 N–H and O–H groups in total. The van der Waals surface area contributed by atoms with E-state index in [1.54, 1.807) is 11.8 Å². The summed E-state index contributed by atoms with van der Waals surface area (Å²) >= 11 is 8.09. The molecule has 0 aliphatic heterocycles. The second kappa shape index (κ2) is 12.6. The number of hydrogen-bond donors (Lipinski definition) is 0. The van der Waals surface area contributed by atoms with Crippen LogP contribution in [0.3, 0.4) is 0 Å². The third-order valence-electron chi connectivity index (χ3n) is 5.44. The van der Waals surface area contributed by atoms with E-state index in [4.69, 9.17) is 30.5 Å². The predicted molar refractivity (Wildman–Crippen MR) is 135 cm³/mol. The molecule has 0 unspecified atom stereocenters. The van der Waals surface area contributed by atoms with E-state index in [0.29, 0.717) is 18.1 Å². The van der Waals surface area contributed by atoms with E-state index in [1.807, 2.05) is 72.8 Å². The van der Waals surface area contributed by atoms with E-state index < -0.39 is 17.5 Å². The van der Waals surface area contributed by atoms with Gasteiger partial charge in [0.1, 0.15) is 12.4 Å². The van der Waals surface area contributed by atoms with Gasteiger partial charge in [0.2, 0.25) is 0 Å². The van der Waals surface area contributed by atoms with Crippen molar-refractivity contribution in [2.24, 2.45) is 0 Å². The molecule has 0 amide bonds. The molecule has 0 bridgehead atoms. The summed E-state index contributed by atoms with van der Waals surface area (Å²) in [6.45, 7) is 0.496. The molecule has 3 aromatic carbocycles. The molecule has 3 aromatic rings. The molecule has 184 valence electrons. The molecule has 0 spiro atoms. The maximum atomic E-state index is 12.3. The van der Waals surface area contributed by atoms with E-state index in [-0.39, 0.29) is 6.42 Å². The van der Waals surface area contributed by atoms with Gasteiger partial charge in [0.05, 0.1) is 14.2 Å². The first-order chi connectivity index (χ1) is 16.9. The fourth-order valence-electron chi connectivity index (χ4n) is 3.50. The quantitative estimate of drug-likeness (QED) is 0.239. The molecular weight excluding hydrogens is 488 g/mol. The van der Waals surface area contributed by atoms with E-state index in [0.717, 1.165) is 26.7 Å². The molecule has 6 nitrogen and oxygen atoms in total. The van der Waals surface area contributed by atoms with Crippen LogP contribution in [-0.2, 0) is 36.8 Å². The number of carbonyl (C=O) groups excluding carboxylic acids is 2. The number of benzene rings is 3. The zero-order valence-corrected chi connectivity index (χ0v) is 21.4. The van der Waals surface area contributed by atoms with Crippen molar-refractivity contribution in [2.75, 3.05) is 21.3 Å². The van der Waals surface area contributed by atoms with Crippen molar-refractivity contribution < 1.29 is 28.5 Å². The number of carbonyl (C=O) groups is 2. The minimum Gasteiger partial charge on any atom is -0.489 e. The maximum Gasteiger partial charge on any atom is 0.350 e. The van der Waals surface area contributed by atoms with Gasteiger partial charge in [0.25, 0.3) is 5.60 Å². The van der Waals surface area contributed by atoms with Crippen LogP contribution in [0.5, 0.6) is 5.75 Å². The zero-order chi connectivity index (χ0) is 25.3. The summed E-state index contributed by atoms with van der Waals surface area (Å²) < 4.78 is 20.7. The van der Waals surface area contributed by atoms with Gasteiger partial charge in [-0.1, -0.05) is 65.8 Å². The Labute approximate surface area is 214 Å². The van der Waals surface area contributed by atoms with E-state index in [2.05, 4.69) is 0 Å². The highest BCUT2D eigenvalue weighted by atomic mass is 35.5. The topological polar surface area (TPSA) is 71.1 Å². The Morgan fingerprint density at radius 1 is 0.857 bits per heavy atom. The summed E-state index contributed by atoms with van der Waals surface area (Å²) in [5.74, 6) is -0.850. The summed E-state index contributed by atoms with van der Waals surface area (Å²) in [4.78, 5) is 26.5. The lowest BCUT2D eigenvalue weighted by atomic mass is 9.94. The van der Waals surface area contributed by atoms with Crippen LogP contribution in [0, 0.1) is 0 Å². The fourth-order valence-corrected chi connectivity index (χ4v) is 4.74. The fraction of sp³-hybridized carbons (Fsp3) is 0.259. The average Bonchev–Trinajstić information content (AvgIpc) is 2.89. The van der Waals surface area contributed by atoms with Crippen LogP contribution in [0.1, 0.15) is 17.5 Å². The molecule has 8 heteroatoms. The molecular formula is C27H27ClO6S. The van der Waals surface area contributed by atoms with Crippen LogP contribution in [0.4, 0.5) is 0 Å². The molecule has 0 aliphatic rings. The third kappa shape index (κ3) is 6.78. The Morgan fingerprint density at radius 2 is 1.54 bits per heavy atom. The van der Waals surface area contributed by atoms with Crippen LogP contribution < -0.4 is 4.74 Å². The first kappa shape index (κ1) is 26.6. The third-order valence-corrected chi connectivity index (χ3v) is 6.77. The predicted octanol–water partition coefficient (Wildman–Crippen LogP) is 5.73. The van der Waals surface area contributed by atoms with Crippen LogP contribution in [0.25, 0.3) is 0 Å². The average molecular weight is 515 g/mol. The first-order valence-corrected chi connectivity index (χ1v) is 12.1. The molecule has 0 heterocycles. The minimum atomic E-state index is -1.85. The van der Waals surface area contributed by atoms with Crippen LogP contribution in [-0.4, -0.2) is 38.9 Å². The summed E-state index contributed by atoms with van der Waals surface area (Å²) in [7, 11) is 3.66. The van der Waals surface area contributed by atoms with Crippen molar-refractivity contribution in [1.82, 2.24) is 0 Å². The summed E-state index contributed by atoms with van der Waals surface area (Å²) in [6.07, 6.45) is 0.334. The second-order valence-electron chi connectivity index (χ2n) is 7.62. The van der Waals surface area contributed by atoms with Crippen molar-refractivity contribution >= 4 is 35.3 Å². The van der Waals surface area contributed by atoms with E-state index in [9.17, 15) is 9.59 Å². The Balaban J connectivity index is 1.67. The number of hydrogen-bond acceptors (Lipinski definition) is 7. The summed E-state index contributed by atoms with van der Waals surface area (Å²) in [5.41, 5.74) is 0.0236. The van der Waals surface area contributed by atoms with Gasteiger partial charge in [0.15, 0.2) is 0 Å². The van der Waals surface area contributed by atoms with Gasteiger partial charge >= 0.3 is 11.9 Å². The lowest BCUT2D eigenvalue weighted by molar-refractivity contribution is -0.185. The summed E-state index contributed by atoms with van der Waals surface area (Å²) in [6, 6.07) is 23.5. The highest BCUT2D eigenvalue weighted by Crippen LogP contribution is 2.34. The molecule has 0 radical (unpaired) electrons. The molecule has 0 saturated heterocycles. The Morgan fingerprint density at radius 3 is 2.17 bits per heavy atom. The van der Waals surface area contributed by atoms with E-state index in [1.165, 1.54) is 21.3 Å². The lowest BCUT2D eigenvalue weighted by Gasteiger charge is -2.26. The highest BCUT2D eigenvalue weighted by molar-refractivity contribution is 7.99. The van der Waals surface area contributed by atoms with Crippen LogP contribution in [0.15, 0.2) is 82.6 Å². The van der Waals surface area contributed by atoms with Gasteiger partial charge in [-0.15, -0.1) is 0 Å². The molecule has 0 saturated carbocycles. The van der Waals surface area contributed by atoms with Crippen molar-refractivity contribution in [3.63, 3.8) is 0 Å². The lowest BCUT2D eigenvalue weighted by Crippen LogP contribution is -2.50. The number of ether oxygens (including phenoxy) is 4. The largest absolute Gasteiger partial charge is 0.489 e.